The molecule has 20 heavy (non-hydrogen) atoms. The van der Waals surface area contributed by atoms with Crippen LogP contribution in [0.3, 0.4) is 0 Å². The Labute approximate surface area is 123 Å². The summed E-state index contributed by atoms with van der Waals surface area (Å²) in [6.45, 7) is -0.634. The molecule has 9 heteroatoms. The lowest BCUT2D eigenvalue weighted by molar-refractivity contribution is 0.102. The van der Waals surface area contributed by atoms with E-state index in [9.17, 15) is 9.18 Å². The Hall–Kier alpha value is -1.67. The van der Waals surface area contributed by atoms with Crippen molar-refractivity contribution in [3.05, 3.63) is 28.3 Å². The summed E-state index contributed by atoms with van der Waals surface area (Å²) in [5.74, 6) is -0.250. The van der Waals surface area contributed by atoms with Gasteiger partial charge in [-0.25, -0.2) is 9.07 Å². The summed E-state index contributed by atoms with van der Waals surface area (Å²) in [5, 5.41) is 13.4. The zero-order valence-corrected chi connectivity index (χ0v) is 12.3. The van der Waals surface area contributed by atoms with E-state index in [1.54, 1.807) is 19.4 Å². The molecule has 0 saturated carbocycles. The second-order valence-electron chi connectivity index (χ2n) is 3.83. The molecule has 0 bridgehead atoms. The molecular weight excluding hydrogens is 305 g/mol. The highest BCUT2D eigenvalue weighted by molar-refractivity contribution is 7.98. The van der Waals surface area contributed by atoms with Gasteiger partial charge in [-0.3, -0.25) is 10.1 Å². The molecule has 1 N–H and O–H groups in total. The fourth-order valence-electron chi connectivity index (χ4n) is 1.60. The minimum atomic E-state index is -0.634. The smallest absolute Gasteiger partial charge is 0.259 e. The van der Waals surface area contributed by atoms with Crippen LogP contribution in [0.4, 0.5) is 10.3 Å². The van der Waals surface area contributed by atoms with Crippen LogP contribution in [0.1, 0.15) is 15.9 Å². The van der Waals surface area contributed by atoms with Gasteiger partial charge in [0.25, 0.3) is 5.91 Å². The maximum absolute atomic E-state index is 12.8. The van der Waals surface area contributed by atoms with Crippen molar-refractivity contribution in [3.63, 3.8) is 0 Å². The molecule has 1 aromatic heterocycles. The van der Waals surface area contributed by atoms with E-state index < -0.39 is 12.6 Å². The van der Waals surface area contributed by atoms with Gasteiger partial charge in [0.1, 0.15) is 6.67 Å². The molecule has 106 valence electrons. The standard InChI is InChI=1S/C11H11ClFN5OS/c1-18-11(15-16-17-18)14-10(19)7-4-3-6(5-13)9(20-2)8(7)12/h3-4H,5H2,1-2H3,(H,14,15,17,19). The molecule has 0 atom stereocenters. The van der Waals surface area contributed by atoms with E-state index in [4.69, 9.17) is 11.6 Å². The van der Waals surface area contributed by atoms with Crippen LogP contribution in [0.5, 0.6) is 0 Å². The average molecular weight is 316 g/mol. The van der Waals surface area contributed by atoms with Gasteiger partial charge in [0, 0.05) is 11.9 Å². The van der Waals surface area contributed by atoms with Crippen LogP contribution in [-0.2, 0) is 13.7 Å². The lowest BCUT2D eigenvalue weighted by Gasteiger charge is -2.11. The number of nitrogens with one attached hydrogen (secondary N) is 1. The van der Waals surface area contributed by atoms with Gasteiger partial charge >= 0.3 is 0 Å². The van der Waals surface area contributed by atoms with Crippen molar-refractivity contribution in [3.8, 4) is 0 Å². The Bertz CT molecular complexity index is 648. The van der Waals surface area contributed by atoms with Crippen LogP contribution in [0.25, 0.3) is 0 Å². The fourth-order valence-corrected chi connectivity index (χ4v) is 2.78. The number of halogens is 2. The summed E-state index contributed by atoms with van der Waals surface area (Å²) in [5.41, 5.74) is 0.704. The molecule has 0 fully saturated rings. The fraction of sp³-hybridized carbons (Fsp3) is 0.273. The van der Waals surface area contributed by atoms with Gasteiger partial charge in [0.2, 0.25) is 5.95 Å². The zero-order valence-electron chi connectivity index (χ0n) is 10.7. The minimum absolute atomic E-state index is 0.200. The molecule has 2 aromatic rings. The first-order chi connectivity index (χ1) is 9.58. The number of nitrogens with zero attached hydrogens (tertiary/aromatic N) is 4. The molecule has 1 aromatic carbocycles. The molecule has 0 radical (unpaired) electrons. The van der Waals surface area contributed by atoms with Gasteiger partial charge in [-0.1, -0.05) is 22.8 Å². The molecular formula is C11H11ClFN5OS. The Morgan fingerprint density at radius 2 is 2.30 bits per heavy atom. The maximum atomic E-state index is 12.8. The number of thioether (sulfide) groups is 1. The normalized spacial score (nSPS) is 10.6. The summed E-state index contributed by atoms with van der Waals surface area (Å²) >= 11 is 7.45. The van der Waals surface area contributed by atoms with Crippen molar-refractivity contribution in [1.82, 2.24) is 20.2 Å². The van der Waals surface area contributed by atoms with Crippen LogP contribution in [0.15, 0.2) is 17.0 Å². The monoisotopic (exact) mass is 315 g/mol. The molecule has 0 saturated heterocycles. The first-order valence-electron chi connectivity index (χ1n) is 5.53. The molecule has 2 rings (SSSR count). The number of anilines is 1. The van der Waals surface area contributed by atoms with Gasteiger partial charge in [-0.05, 0) is 28.3 Å². The predicted octanol–water partition coefficient (Wildman–Crippen LogP) is 2.31. The molecule has 1 amide bonds. The number of benzene rings is 1. The summed E-state index contributed by atoms with van der Waals surface area (Å²) in [7, 11) is 1.59. The van der Waals surface area contributed by atoms with Crippen LogP contribution < -0.4 is 5.32 Å². The lowest BCUT2D eigenvalue weighted by atomic mass is 10.1. The molecule has 6 nitrogen and oxygen atoms in total. The third kappa shape index (κ3) is 2.75. The number of tetrazole rings is 1. The second kappa shape index (κ2) is 6.19. The second-order valence-corrected chi connectivity index (χ2v) is 5.03. The van der Waals surface area contributed by atoms with Gasteiger partial charge < -0.3 is 0 Å². The van der Waals surface area contributed by atoms with Crippen molar-refractivity contribution in [2.45, 2.75) is 11.6 Å². The number of amides is 1. The number of rotatable bonds is 4. The van der Waals surface area contributed by atoms with Gasteiger partial charge in [-0.15, -0.1) is 11.8 Å². The van der Waals surface area contributed by atoms with E-state index in [-0.39, 0.29) is 16.5 Å². The number of hydrogen-bond donors (Lipinski definition) is 1. The van der Waals surface area contributed by atoms with E-state index in [1.165, 1.54) is 22.5 Å². The Morgan fingerprint density at radius 1 is 1.55 bits per heavy atom. The number of carbonyl (C=O) groups excluding carboxylic acids is 1. The average Bonchev–Trinajstić information content (AvgIpc) is 2.83. The summed E-state index contributed by atoms with van der Waals surface area (Å²) in [4.78, 5) is 12.7. The zero-order chi connectivity index (χ0) is 14.7. The van der Waals surface area contributed by atoms with E-state index in [0.717, 1.165) is 0 Å². The number of alkyl halides is 1. The first-order valence-corrected chi connectivity index (χ1v) is 7.13. The topological polar surface area (TPSA) is 72.7 Å². The molecule has 0 unspecified atom stereocenters. The van der Waals surface area contributed by atoms with Crippen molar-refractivity contribution in [1.29, 1.82) is 0 Å². The predicted molar refractivity (Wildman–Crippen MR) is 74.8 cm³/mol. The van der Waals surface area contributed by atoms with E-state index in [1.807, 2.05) is 0 Å². The highest BCUT2D eigenvalue weighted by Gasteiger charge is 2.18. The Morgan fingerprint density at radius 3 is 2.85 bits per heavy atom. The largest absolute Gasteiger partial charge is 0.289 e. The molecule has 0 aliphatic rings. The van der Waals surface area contributed by atoms with Gasteiger partial charge in [0.15, 0.2) is 0 Å². The third-order valence-corrected chi connectivity index (χ3v) is 4.00. The molecule has 0 aliphatic heterocycles. The summed E-state index contributed by atoms with van der Waals surface area (Å²) in [6, 6.07) is 3.03. The number of aromatic nitrogens is 4. The SMILES string of the molecule is CSc1c(CF)ccc(C(=O)Nc2nnnn2C)c1Cl. The van der Waals surface area contributed by atoms with Crippen molar-refractivity contribution in [2.24, 2.45) is 7.05 Å². The highest BCUT2D eigenvalue weighted by atomic mass is 35.5. The van der Waals surface area contributed by atoms with Crippen LogP contribution in [0.2, 0.25) is 5.02 Å². The van der Waals surface area contributed by atoms with Crippen LogP contribution in [-0.4, -0.2) is 32.4 Å². The van der Waals surface area contributed by atoms with Crippen molar-refractivity contribution >= 4 is 35.2 Å². The van der Waals surface area contributed by atoms with E-state index in [0.29, 0.717) is 10.5 Å². The molecule has 0 aliphatic carbocycles. The highest BCUT2D eigenvalue weighted by Crippen LogP contribution is 2.33. The third-order valence-electron chi connectivity index (χ3n) is 2.62. The quantitative estimate of drug-likeness (QED) is 0.876. The number of hydrogen-bond acceptors (Lipinski definition) is 5. The summed E-state index contributed by atoms with van der Waals surface area (Å²) < 4.78 is 14.2. The van der Waals surface area contributed by atoms with Crippen molar-refractivity contribution < 1.29 is 9.18 Å². The first kappa shape index (κ1) is 14.7. The Kier molecular flexibility index (Phi) is 4.56. The van der Waals surface area contributed by atoms with Gasteiger partial charge in [0.05, 0.1) is 10.6 Å². The maximum Gasteiger partial charge on any atom is 0.259 e. The minimum Gasteiger partial charge on any atom is -0.289 e. The van der Waals surface area contributed by atoms with Crippen LogP contribution >= 0.6 is 23.4 Å². The lowest BCUT2D eigenvalue weighted by Crippen LogP contribution is -2.16. The van der Waals surface area contributed by atoms with E-state index in [2.05, 4.69) is 20.8 Å². The Balaban J connectivity index is 2.33. The van der Waals surface area contributed by atoms with Crippen molar-refractivity contribution in [2.75, 3.05) is 11.6 Å². The van der Waals surface area contributed by atoms with Crippen LogP contribution in [0, 0.1) is 0 Å². The number of aryl methyl sites for hydroxylation is 1. The molecule has 0 spiro atoms. The summed E-state index contributed by atoms with van der Waals surface area (Å²) in [6.07, 6.45) is 1.77. The van der Waals surface area contributed by atoms with Gasteiger partial charge in [-0.2, -0.15) is 0 Å². The molecule has 1 heterocycles. The number of carbonyl (C=O) groups is 1. The van der Waals surface area contributed by atoms with E-state index >= 15 is 0 Å².